The van der Waals surface area contributed by atoms with Crippen molar-refractivity contribution in [1.82, 2.24) is 14.5 Å². The van der Waals surface area contributed by atoms with Crippen molar-refractivity contribution in [1.29, 1.82) is 5.26 Å². The summed E-state index contributed by atoms with van der Waals surface area (Å²) in [7, 11) is 5.05. The van der Waals surface area contributed by atoms with Crippen LogP contribution in [0.5, 0.6) is 11.5 Å². The monoisotopic (exact) mass is 320 g/mol. The first-order chi connectivity index (χ1) is 11.7. The number of allylic oxidation sites excluding steroid dienone is 1. The fourth-order valence-corrected chi connectivity index (χ4v) is 2.43. The lowest BCUT2D eigenvalue weighted by Gasteiger charge is -2.07. The molecule has 2 heterocycles. The van der Waals surface area contributed by atoms with Crippen LogP contribution < -0.4 is 9.47 Å². The van der Waals surface area contributed by atoms with Crippen LogP contribution in [0.25, 0.3) is 23.2 Å². The molecular formula is C18H16N4O2. The Labute approximate surface area is 140 Å². The molecule has 1 aromatic carbocycles. The van der Waals surface area contributed by atoms with Crippen LogP contribution in [0.4, 0.5) is 0 Å². The molecule has 24 heavy (non-hydrogen) atoms. The number of ether oxygens (including phenoxy) is 2. The van der Waals surface area contributed by atoms with Crippen LogP contribution in [0.3, 0.4) is 0 Å². The lowest BCUT2D eigenvalue weighted by molar-refractivity contribution is 0.355. The van der Waals surface area contributed by atoms with E-state index in [1.807, 2.05) is 36.0 Å². The zero-order valence-electron chi connectivity index (χ0n) is 13.6. The zero-order valence-corrected chi connectivity index (χ0v) is 13.6. The number of nitrogens with zero attached hydrogens (tertiary/aromatic N) is 4. The Hall–Kier alpha value is -3.33. The number of imidazole rings is 1. The highest BCUT2D eigenvalue weighted by Crippen LogP contribution is 2.29. The van der Waals surface area contributed by atoms with Crippen molar-refractivity contribution < 1.29 is 9.47 Å². The second-order valence-corrected chi connectivity index (χ2v) is 5.16. The minimum absolute atomic E-state index is 0.387. The highest BCUT2D eigenvalue weighted by atomic mass is 16.5. The Morgan fingerprint density at radius 3 is 2.62 bits per heavy atom. The van der Waals surface area contributed by atoms with Crippen molar-refractivity contribution in [3.8, 4) is 29.1 Å². The normalized spacial score (nSPS) is 11.3. The SMILES string of the molecule is COc1ccc(/C=C(\C#N)c2nc3cccn(C)c-3n2)cc1OC. The number of methoxy groups -OCH3 is 2. The summed E-state index contributed by atoms with van der Waals surface area (Å²) in [5.41, 5.74) is 1.95. The molecule has 0 saturated heterocycles. The average molecular weight is 320 g/mol. The lowest BCUT2D eigenvalue weighted by atomic mass is 10.1. The largest absolute Gasteiger partial charge is 0.493 e. The first-order valence-corrected chi connectivity index (χ1v) is 7.29. The van der Waals surface area contributed by atoms with Gasteiger partial charge >= 0.3 is 0 Å². The van der Waals surface area contributed by atoms with Gasteiger partial charge in [-0.25, -0.2) is 9.97 Å². The third-order valence-corrected chi connectivity index (χ3v) is 3.65. The van der Waals surface area contributed by atoms with E-state index in [9.17, 15) is 5.26 Å². The molecule has 0 spiro atoms. The number of benzene rings is 1. The molecule has 0 fully saturated rings. The third kappa shape index (κ3) is 2.79. The maximum absolute atomic E-state index is 9.50. The van der Waals surface area contributed by atoms with E-state index in [1.165, 1.54) is 0 Å². The Bertz CT molecular complexity index is 921. The summed E-state index contributed by atoms with van der Waals surface area (Å²) in [6, 6.07) is 11.4. The van der Waals surface area contributed by atoms with Gasteiger partial charge in [0.15, 0.2) is 23.1 Å². The Morgan fingerprint density at radius 1 is 1.17 bits per heavy atom. The molecule has 0 unspecified atom stereocenters. The van der Waals surface area contributed by atoms with E-state index in [4.69, 9.17) is 9.47 Å². The topological polar surface area (TPSA) is 73.0 Å². The third-order valence-electron chi connectivity index (χ3n) is 3.65. The maximum atomic E-state index is 9.50. The van der Waals surface area contributed by atoms with Gasteiger partial charge in [-0.2, -0.15) is 5.26 Å². The van der Waals surface area contributed by atoms with Crippen LogP contribution in [-0.2, 0) is 7.05 Å². The van der Waals surface area contributed by atoms with Gasteiger partial charge in [0.05, 0.1) is 19.8 Å². The number of fused-ring (bicyclic) bond motifs is 1. The van der Waals surface area contributed by atoms with Gasteiger partial charge in [-0.05, 0) is 35.9 Å². The van der Waals surface area contributed by atoms with Crippen LogP contribution in [-0.4, -0.2) is 28.8 Å². The van der Waals surface area contributed by atoms with E-state index in [-0.39, 0.29) is 0 Å². The molecule has 0 bridgehead atoms. The molecule has 2 aliphatic heterocycles. The quantitative estimate of drug-likeness (QED) is 0.691. The summed E-state index contributed by atoms with van der Waals surface area (Å²) >= 11 is 0. The van der Waals surface area contributed by atoms with Crippen molar-refractivity contribution in [2.45, 2.75) is 0 Å². The predicted molar refractivity (Wildman–Crippen MR) is 90.7 cm³/mol. The predicted octanol–water partition coefficient (Wildman–Crippen LogP) is 3.00. The second kappa shape index (κ2) is 6.42. The molecule has 0 saturated carbocycles. The number of hydrogen-bond donors (Lipinski definition) is 0. The number of aromatic nitrogens is 3. The Balaban J connectivity index is 2.05. The highest BCUT2D eigenvalue weighted by Gasteiger charge is 2.15. The van der Waals surface area contributed by atoms with Crippen molar-refractivity contribution in [3.05, 3.63) is 47.9 Å². The molecular weight excluding hydrogens is 304 g/mol. The number of pyridine rings is 1. The van der Waals surface area contributed by atoms with E-state index in [1.54, 1.807) is 32.4 Å². The summed E-state index contributed by atoms with van der Waals surface area (Å²) in [5.74, 6) is 2.38. The van der Waals surface area contributed by atoms with Gasteiger partial charge in [0.2, 0.25) is 0 Å². The van der Waals surface area contributed by atoms with E-state index in [0.717, 1.165) is 17.1 Å². The van der Waals surface area contributed by atoms with Crippen molar-refractivity contribution in [3.63, 3.8) is 0 Å². The van der Waals surface area contributed by atoms with E-state index in [0.29, 0.717) is 22.9 Å². The summed E-state index contributed by atoms with van der Waals surface area (Å²) < 4.78 is 12.4. The molecule has 120 valence electrons. The number of nitriles is 1. The molecule has 0 amide bonds. The second-order valence-electron chi connectivity index (χ2n) is 5.16. The molecule has 2 aliphatic rings. The van der Waals surface area contributed by atoms with Crippen LogP contribution >= 0.6 is 0 Å². The molecule has 0 atom stereocenters. The van der Waals surface area contributed by atoms with Crippen molar-refractivity contribution in [2.75, 3.05) is 14.2 Å². The molecule has 0 aliphatic carbocycles. The summed E-state index contributed by atoms with van der Waals surface area (Å²) in [4.78, 5) is 8.90. The van der Waals surface area contributed by atoms with E-state index < -0.39 is 0 Å². The molecule has 6 nitrogen and oxygen atoms in total. The van der Waals surface area contributed by atoms with Gasteiger partial charge in [0.25, 0.3) is 0 Å². The zero-order chi connectivity index (χ0) is 17.1. The fraction of sp³-hybridized carbons (Fsp3) is 0.167. The first kappa shape index (κ1) is 15.6. The number of aryl methyl sites for hydroxylation is 1. The highest BCUT2D eigenvalue weighted by molar-refractivity contribution is 5.88. The smallest absolute Gasteiger partial charge is 0.173 e. The minimum Gasteiger partial charge on any atom is -0.493 e. The Kier molecular flexibility index (Phi) is 4.17. The molecule has 1 aromatic rings. The average Bonchev–Trinajstić information content (AvgIpc) is 3.04. The molecule has 0 radical (unpaired) electrons. The summed E-state index contributed by atoms with van der Waals surface area (Å²) in [6.45, 7) is 0. The minimum atomic E-state index is 0.387. The molecule has 6 heteroatoms. The van der Waals surface area contributed by atoms with Crippen LogP contribution in [0.15, 0.2) is 36.5 Å². The lowest BCUT2D eigenvalue weighted by Crippen LogP contribution is -1.95. The standard InChI is InChI=1S/C18H16N4O2/c1-22-8-4-5-14-18(22)21-17(20-14)13(11-19)9-12-6-7-15(23-2)16(10-12)24-3/h4-10H,1-3H3/b13-9+. The number of rotatable bonds is 4. The first-order valence-electron chi connectivity index (χ1n) is 7.29. The van der Waals surface area contributed by atoms with Gasteiger partial charge < -0.3 is 14.0 Å². The summed E-state index contributed by atoms with van der Waals surface area (Å²) in [5, 5.41) is 9.50. The Morgan fingerprint density at radius 2 is 1.96 bits per heavy atom. The summed E-state index contributed by atoms with van der Waals surface area (Å²) in [6.07, 6.45) is 3.63. The van der Waals surface area contributed by atoms with Crippen molar-refractivity contribution >= 4 is 11.6 Å². The van der Waals surface area contributed by atoms with Gasteiger partial charge in [0.1, 0.15) is 11.8 Å². The van der Waals surface area contributed by atoms with Crippen LogP contribution in [0.1, 0.15) is 11.4 Å². The maximum Gasteiger partial charge on any atom is 0.173 e. The van der Waals surface area contributed by atoms with Crippen LogP contribution in [0.2, 0.25) is 0 Å². The van der Waals surface area contributed by atoms with E-state index in [2.05, 4.69) is 16.0 Å². The van der Waals surface area contributed by atoms with Gasteiger partial charge in [-0.15, -0.1) is 0 Å². The van der Waals surface area contributed by atoms with E-state index >= 15 is 0 Å². The fourth-order valence-electron chi connectivity index (χ4n) is 2.43. The van der Waals surface area contributed by atoms with Crippen LogP contribution in [0, 0.1) is 11.3 Å². The molecule has 0 aromatic heterocycles. The van der Waals surface area contributed by atoms with Gasteiger partial charge in [-0.3, -0.25) is 0 Å². The van der Waals surface area contributed by atoms with Gasteiger partial charge in [0, 0.05) is 13.2 Å². The number of hydrogen-bond acceptors (Lipinski definition) is 5. The molecule has 3 rings (SSSR count). The van der Waals surface area contributed by atoms with Crippen molar-refractivity contribution in [2.24, 2.45) is 7.05 Å². The molecule has 0 N–H and O–H groups in total. The van der Waals surface area contributed by atoms with Gasteiger partial charge in [-0.1, -0.05) is 6.07 Å².